The van der Waals surface area contributed by atoms with Crippen LogP contribution >= 0.6 is 0 Å². The molecule has 0 saturated carbocycles. The molecule has 0 aliphatic heterocycles. The molecule has 0 unspecified atom stereocenters. The van der Waals surface area contributed by atoms with E-state index in [-0.39, 0.29) is 94.3 Å². The first kappa shape index (κ1) is 68.1. The molecule has 0 aliphatic rings. The Bertz CT molecular complexity index is 3810. The number of hydrogen-bond acceptors (Lipinski definition) is 14. The summed E-state index contributed by atoms with van der Waals surface area (Å²) in [5.74, 6) is -2.76. The Morgan fingerprint density at radius 1 is 0.448 bits per heavy atom. The Labute approximate surface area is 521 Å². The van der Waals surface area contributed by atoms with E-state index in [2.05, 4.69) is 19.7 Å². The number of amides is 1. The molecule has 4 N–H and O–H groups in total. The predicted molar refractivity (Wildman–Crippen MR) is 315 cm³/mol. The van der Waals surface area contributed by atoms with Gasteiger partial charge in [0.25, 0.3) is 5.91 Å². The van der Waals surface area contributed by atoms with Gasteiger partial charge < -0.3 is 35.3 Å². The van der Waals surface area contributed by atoms with E-state index in [1.807, 2.05) is 0 Å². The third-order valence-electron chi connectivity index (χ3n) is 13.4. The summed E-state index contributed by atoms with van der Waals surface area (Å²) in [7, 11) is 5.69. The second-order valence-electron chi connectivity index (χ2n) is 19.1. The van der Waals surface area contributed by atoms with E-state index in [1.165, 1.54) is 79.9 Å². The number of pyridine rings is 3. The van der Waals surface area contributed by atoms with Crippen LogP contribution in [0.15, 0.2) is 164 Å². The summed E-state index contributed by atoms with van der Waals surface area (Å²) in [4.78, 5) is 80.5. The summed E-state index contributed by atoms with van der Waals surface area (Å²) in [6.45, 7) is 4.39. The molecule has 0 atom stereocenters. The second kappa shape index (κ2) is 31.5. The number of Topliss-reactive ketones (excluding diaryl/α,β-unsaturated/α-hetero) is 3. The van der Waals surface area contributed by atoms with E-state index in [0.717, 1.165) is 11.1 Å². The van der Waals surface area contributed by atoms with Crippen molar-refractivity contribution in [2.45, 2.75) is 40.0 Å². The first-order valence-electron chi connectivity index (χ1n) is 26.1. The molecule has 0 fully saturated rings. The van der Waals surface area contributed by atoms with Crippen molar-refractivity contribution in [3.05, 3.63) is 249 Å². The first-order chi connectivity index (χ1) is 40.7. The van der Waals surface area contributed by atoms with Crippen LogP contribution in [-0.4, -0.2) is 89.2 Å². The summed E-state index contributed by atoms with van der Waals surface area (Å²) in [6.07, 6.45) is 5.24. The van der Waals surface area contributed by atoms with Gasteiger partial charge in [-0.2, -0.15) is 0 Å². The Kier molecular flexibility index (Phi) is 24.6. The van der Waals surface area contributed by atoms with Gasteiger partial charge in [-0.15, -0.1) is 0 Å². The molecule has 3 aromatic heterocycles. The van der Waals surface area contributed by atoms with Gasteiger partial charge in [0.2, 0.25) is 0 Å². The molecule has 20 heteroatoms. The molecule has 3 heterocycles. The van der Waals surface area contributed by atoms with Crippen molar-refractivity contribution in [1.29, 1.82) is 0 Å². The molecule has 0 bridgehead atoms. The van der Waals surface area contributed by atoms with Gasteiger partial charge in [-0.25, -0.2) is 32.7 Å². The first-order valence-corrected chi connectivity index (χ1v) is 26.1. The Morgan fingerprint density at radius 2 is 0.759 bits per heavy atom. The number of primary amides is 1. The maximum absolute atomic E-state index is 15.4. The summed E-state index contributed by atoms with van der Waals surface area (Å²) in [6, 6.07) is 39.7. The van der Waals surface area contributed by atoms with Gasteiger partial charge >= 0.3 is 41.5 Å². The minimum absolute atomic E-state index is 0. The molecule has 87 heavy (non-hydrogen) atoms. The molecule has 0 radical (unpaired) electrons. The SMILES string of the molecule is COC(=O)c1ccc(Cc2ccc(OC)c(-c3cccc(C(C)=O)c3)c2F)cn1.COc1ccc(Cc2ccc(C(=O)O)nc2)c(F)c1-c1cccc(C(C)=O)c1.COc1ccc(Cc2ccc(C(N)=O)nc2)c(F)c1-c1cccc(C(C)=O)c1.[Na+].[OH-]. The molecule has 6 aromatic carbocycles. The summed E-state index contributed by atoms with van der Waals surface area (Å²) in [5, 5.41) is 8.93. The summed E-state index contributed by atoms with van der Waals surface area (Å²) in [5.41, 5.74) is 12.9. The fourth-order valence-electron chi connectivity index (χ4n) is 8.96. The van der Waals surface area contributed by atoms with E-state index in [4.69, 9.17) is 25.1 Å². The van der Waals surface area contributed by atoms with Crippen molar-refractivity contribution in [2.75, 3.05) is 28.4 Å². The van der Waals surface area contributed by atoms with Crippen LogP contribution in [0.5, 0.6) is 17.2 Å². The minimum atomic E-state index is -1.12. The largest absolute Gasteiger partial charge is 1.00 e. The van der Waals surface area contributed by atoms with Gasteiger partial charge in [0, 0.05) is 54.5 Å². The van der Waals surface area contributed by atoms with E-state index in [0.29, 0.717) is 84.0 Å². The van der Waals surface area contributed by atoms with E-state index in [9.17, 15) is 28.8 Å². The number of benzene rings is 6. The minimum Gasteiger partial charge on any atom is -0.870 e. The van der Waals surface area contributed by atoms with Gasteiger partial charge in [0.1, 0.15) is 51.8 Å². The van der Waals surface area contributed by atoms with Gasteiger partial charge in [-0.3, -0.25) is 24.2 Å². The molecule has 9 aromatic rings. The van der Waals surface area contributed by atoms with Crippen LogP contribution in [0.4, 0.5) is 13.2 Å². The number of carbonyl (C=O) groups excluding carboxylic acids is 5. The zero-order chi connectivity index (χ0) is 61.5. The third kappa shape index (κ3) is 17.0. The van der Waals surface area contributed by atoms with E-state index < -0.39 is 35.3 Å². The monoisotopic (exact) mass is 1190 g/mol. The third-order valence-corrected chi connectivity index (χ3v) is 13.4. The van der Waals surface area contributed by atoms with E-state index >= 15 is 13.2 Å². The number of rotatable bonds is 18. The van der Waals surface area contributed by atoms with Crippen LogP contribution in [-0.2, 0) is 24.0 Å². The van der Waals surface area contributed by atoms with Crippen molar-refractivity contribution in [3.8, 4) is 50.6 Å². The van der Waals surface area contributed by atoms with Gasteiger partial charge in [-0.1, -0.05) is 91.0 Å². The Morgan fingerprint density at radius 3 is 1.01 bits per heavy atom. The van der Waals surface area contributed by atoms with Crippen molar-refractivity contribution in [3.63, 3.8) is 0 Å². The quantitative estimate of drug-likeness (QED) is 0.0461. The Hall–Kier alpha value is -9.66. The number of nitrogens with zero attached hydrogens (tertiary/aromatic N) is 3. The number of halogens is 3. The van der Waals surface area contributed by atoms with Crippen LogP contribution < -0.4 is 49.5 Å². The molecule has 1 amide bonds. The van der Waals surface area contributed by atoms with Crippen LogP contribution in [0.3, 0.4) is 0 Å². The summed E-state index contributed by atoms with van der Waals surface area (Å²) >= 11 is 0. The second-order valence-corrected chi connectivity index (χ2v) is 19.1. The van der Waals surface area contributed by atoms with Crippen LogP contribution in [0.25, 0.3) is 33.4 Å². The molecule has 9 rings (SSSR count). The number of methoxy groups -OCH3 is 4. The van der Waals surface area contributed by atoms with Crippen molar-refractivity contribution >= 4 is 35.2 Å². The maximum Gasteiger partial charge on any atom is 1.00 e. The summed E-state index contributed by atoms with van der Waals surface area (Å²) < 4.78 is 66.8. The number of hydrogen-bond donors (Lipinski definition) is 2. The number of carbonyl (C=O) groups is 6. The van der Waals surface area contributed by atoms with E-state index in [1.54, 1.807) is 133 Å². The maximum atomic E-state index is 15.4. The molecule has 440 valence electrons. The van der Waals surface area contributed by atoms with Gasteiger partial charge in [-0.05, 0) is 125 Å². The average molecular weight is 1190 g/mol. The zero-order valence-electron chi connectivity index (χ0n) is 48.7. The van der Waals surface area contributed by atoms with Crippen LogP contribution in [0.2, 0.25) is 0 Å². The topological polar surface area (TPSA) is 254 Å². The molecular weight excluding hydrogens is 1130 g/mol. The molecule has 0 saturated heterocycles. The van der Waals surface area contributed by atoms with Gasteiger partial charge in [0.15, 0.2) is 17.3 Å². The molecular formula is C67H58F3N4NaO12. The number of carboxylic acids is 1. The number of carboxylic acid groups (broad SMARTS) is 1. The molecule has 0 spiro atoms. The normalized spacial score (nSPS) is 10.3. The van der Waals surface area contributed by atoms with Crippen LogP contribution in [0, 0.1) is 17.5 Å². The average Bonchev–Trinajstić information content (AvgIpc) is 1.57. The number of aromatic nitrogens is 3. The number of nitrogens with two attached hydrogens (primary N) is 1. The molecule has 0 aliphatic carbocycles. The van der Waals surface area contributed by atoms with Crippen LogP contribution in [0.1, 0.15) is 117 Å². The smallest absolute Gasteiger partial charge is 0.870 e. The fourth-order valence-corrected chi connectivity index (χ4v) is 8.96. The Balaban J connectivity index is 0.000000235. The van der Waals surface area contributed by atoms with Crippen molar-refractivity contribution < 1.29 is 101 Å². The molecule has 16 nitrogen and oxygen atoms in total. The number of ether oxygens (including phenoxy) is 4. The van der Waals surface area contributed by atoms with Crippen molar-refractivity contribution in [2.24, 2.45) is 5.73 Å². The zero-order valence-corrected chi connectivity index (χ0v) is 50.7. The van der Waals surface area contributed by atoms with Crippen molar-refractivity contribution in [1.82, 2.24) is 15.0 Å². The predicted octanol–water partition coefficient (Wildman–Crippen LogP) is 9.48. The number of esters is 1. The fraction of sp³-hybridized carbons (Fsp3) is 0.149. The number of ketones is 3. The standard InChI is InChI=1S/C23H20FNO4.C22H19FN2O3.C22H18FNO4.Na.H2O/c1-14(26)16-5-4-6-17(12-16)21-20(28-2)10-8-18(22(21)24)11-15-7-9-19(25-13-15)23(27)29-3;1-13(26)15-4-3-5-16(11-15)20-19(28-2)9-7-17(21(20)23)10-14-6-8-18(22(24)27)25-12-14;1-13(25)15-4-3-5-16(11-15)20-19(28-2)9-7-17(21(20)23)10-14-6-8-18(22(26)27)24-12-14;;/h4-10,12-13H,11H2,1-3H3;3-9,11-12H,10H2,1-2H3,(H2,24,27);3-9,11-12H,10H2,1-2H3,(H,26,27);;1H2/q;;;+1;/p-1. The van der Waals surface area contributed by atoms with Gasteiger partial charge in [0.05, 0.1) is 45.1 Å². The number of aromatic carboxylic acids is 1.